The van der Waals surface area contributed by atoms with Crippen molar-refractivity contribution in [3.05, 3.63) is 16.1 Å². The Morgan fingerprint density at radius 2 is 2.50 bits per heavy atom. The summed E-state index contributed by atoms with van der Waals surface area (Å²) in [5, 5.41) is 2.79. The molecule has 66 valence electrons. The van der Waals surface area contributed by atoms with Crippen molar-refractivity contribution >= 4 is 28.9 Å². The van der Waals surface area contributed by atoms with E-state index in [0.29, 0.717) is 12.1 Å². The molecule has 1 rings (SSSR count). The van der Waals surface area contributed by atoms with Crippen LogP contribution in [-0.4, -0.2) is 22.8 Å². The van der Waals surface area contributed by atoms with E-state index in [1.165, 1.54) is 11.3 Å². The van der Waals surface area contributed by atoms with Gasteiger partial charge in [0.1, 0.15) is 5.69 Å². The van der Waals surface area contributed by atoms with E-state index >= 15 is 0 Å². The Labute approximate surface area is 80.4 Å². The second-order valence-corrected chi connectivity index (χ2v) is 4.47. The quantitative estimate of drug-likeness (QED) is 0.701. The van der Waals surface area contributed by atoms with Crippen LogP contribution in [-0.2, 0) is 0 Å². The summed E-state index contributed by atoms with van der Waals surface area (Å²) in [6, 6.07) is 0. The smallest absolute Gasteiger partial charge is 0.182 e. The van der Waals surface area contributed by atoms with Gasteiger partial charge in [0.15, 0.2) is 5.78 Å². The Balaban J connectivity index is 2.53. The van der Waals surface area contributed by atoms with E-state index in [4.69, 9.17) is 0 Å². The Morgan fingerprint density at radius 1 is 1.75 bits per heavy atom. The predicted molar refractivity (Wildman–Crippen MR) is 54.2 cm³/mol. The maximum absolute atomic E-state index is 11.3. The lowest BCUT2D eigenvalue weighted by atomic mass is 10.2. The van der Waals surface area contributed by atoms with Crippen LogP contribution in [0.2, 0.25) is 0 Å². The first kappa shape index (κ1) is 9.74. The standard InChI is InChI=1S/C8H11NOS2/c1-6-9-7(5-12-6)8(10)3-4-11-2/h5H,3-4H2,1-2H3. The molecule has 1 heterocycles. The lowest BCUT2D eigenvalue weighted by Crippen LogP contribution is -2.00. The largest absolute Gasteiger partial charge is 0.292 e. The van der Waals surface area contributed by atoms with Gasteiger partial charge in [-0.3, -0.25) is 4.79 Å². The fourth-order valence-corrected chi connectivity index (χ4v) is 1.82. The average molecular weight is 201 g/mol. The molecule has 4 heteroatoms. The second kappa shape index (κ2) is 4.62. The predicted octanol–water partition coefficient (Wildman–Crippen LogP) is 2.39. The Kier molecular flexibility index (Phi) is 3.75. The maximum atomic E-state index is 11.3. The van der Waals surface area contributed by atoms with Crippen molar-refractivity contribution in [1.29, 1.82) is 0 Å². The summed E-state index contributed by atoms with van der Waals surface area (Å²) in [6.07, 6.45) is 2.60. The van der Waals surface area contributed by atoms with Gasteiger partial charge in [0.2, 0.25) is 0 Å². The lowest BCUT2D eigenvalue weighted by molar-refractivity contribution is 0.0985. The minimum Gasteiger partial charge on any atom is -0.292 e. The van der Waals surface area contributed by atoms with Crippen molar-refractivity contribution in [3.8, 4) is 0 Å². The summed E-state index contributed by atoms with van der Waals surface area (Å²) in [5.74, 6) is 1.05. The molecular weight excluding hydrogens is 190 g/mol. The average Bonchev–Trinajstić information content (AvgIpc) is 2.47. The highest BCUT2D eigenvalue weighted by atomic mass is 32.2. The van der Waals surface area contributed by atoms with Crippen molar-refractivity contribution in [2.75, 3.05) is 12.0 Å². The molecule has 0 spiro atoms. The summed E-state index contributed by atoms with van der Waals surface area (Å²) in [6.45, 7) is 1.91. The lowest BCUT2D eigenvalue weighted by Gasteiger charge is -1.93. The van der Waals surface area contributed by atoms with Crippen LogP contribution in [0, 0.1) is 6.92 Å². The van der Waals surface area contributed by atoms with Crippen molar-refractivity contribution in [3.63, 3.8) is 0 Å². The topological polar surface area (TPSA) is 30.0 Å². The first-order chi connectivity index (χ1) is 5.74. The summed E-state index contributed by atoms with van der Waals surface area (Å²) in [5.41, 5.74) is 0.631. The number of carbonyl (C=O) groups is 1. The van der Waals surface area contributed by atoms with Crippen LogP contribution in [0.4, 0.5) is 0 Å². The zero-order valence-electron chi connectivity index (χ0n) is 7.16. The zero-order valence-corrected chi connectivity index (χ0v) is 8.80. The number of rotatable bonds is 4. The van der Waals surface area contributed by atoms with Gasteiger partial charge in [0.25, 0.3) is 0 Å². The number of aromatic nitrogens is 1. The van der Waals surface area contributed by atoms with Gasteiger partial charge in [-0.25, -0.2) is 4.98 Å². The minimum absolute atomic E-state index is 0.161. The minimum atomic E-state index is 0.161. The second-order valence-electron chi connectivity index (χ2n) is 2.42. The molecule has 0 radical (unpaired) electrons. The maximum Gasteiger partial charge on any atom is 0.182 e. The monoisotopic (exact) mass is 201 g/mol. The fraction of sp³-hybridized carbons (Fsp3) is 0.500. The molecule has 0 unspecified atom stereocenters. The number of hydrogen-bond donors (Lipinski definition) is 0. The van der Waals surface area contributed by atoms with Crippen molar-refractivity contribution in [2.24, 2.45) is 0 Å². The Morgan fingerprint density at radius 3 is 3.00 bits per heavy atom. The third kappa shape index (κ3) is 2.60. The first-order valence-electron chi connectivity index (χ1n) is 3.68. The molecule has 0 fully saturated rings. The van der Waals surface area contributed by atoms with Gasteiger partial charge in [-0.1, -0.05) is 0 Å². The van der Waals surface area contributed by atoms with Crippen LogP contribution in [0.25, 0.3) is 0 Å². The molecule has 0 aliphatic heterocycles. The fourth-order valence-electron chi connectivity index (χ4n) is 0.814. The van der Waals surface area contributed by atoms with Crippen LogP contribution in [0.3, 0.4) is 0 Å². The molecule has 12 heavy (non-hydrogen) atoms. The van der Waals surface area contributed by atoms with Crippen LogP contribution >= 0.6 is 23.1 Å². The number of thiazole rings is 1. The van der Waals surface area contributed by atoms with E-state index < -0.39 is 0 Å². The third-order valence-corrected chi connectivity index (χ3v) is 2.82. The highest BCUT2D eigenvalue weighted by Gasteiger charge is 2.07. The highest BCUT2D eigenvalue weighted by Crippen LogP contribution is 2.10. The van der Waals surface area contributed by atoms with E-state index in [9.17, 15) is 4.79 Å². The Bertz CT molecular complexity index is 270. The molecule has 1 aromatic heterocycles. The molecule has 0 bridgehead atoms. The summed E-state index contributed by atoms with van der Waals surface area (Å²) < 4.78 is 0. The molecule has 0 aromatic carbocycles. The van der Waals surface area contributed by atoms with Crippen LogP contribution < -0.4 is 0 Å². The number of thioether (sulfide) groups is 1. The molecule has 0 aliphatic carbocycles. The van der Waals surface area contributed by atoms with Gasteiger partial charge in [-0.15, -0.1) is 11.3 Å². The van der Waals surface area contributed by atoms with E-state index in [1.54, 1.807) is 11.8 Å². The van der Waals surface area contributed by atoms with E-state index in [0.717, 1.165) is 10.8 Å². The van der Waals surface area contributed by atoms with Gasteiger partial charge in [-0.05, 0) is 13.2 Å². The van der Waals surface area contributed by atoms with E-state index in [2.05, 4.69) is 4.98 Å². The highest BCUT2D eigenvalue weighted by molar-refractivity contribution is 7.98. The third-order valence-electron chi connectivity index (χ3n) is 1.44. The number of carbonyl (C=O) groups excluding carboxylic acids is 1. The van der Waals surface area contributed by atoms with Crippen molar-refractivity contribution in [2.45, 2.75) is 13.3 Å². The van der Waals surface area contributed by atoms with Crippen molar-refractivity contribution < 1.29 is 4.79 Å². The summed E-state index contributed by atoms with van der Waals surface area (Å²) in [7, 11) is 0. The SMILES string of the molecule is CSCCC(=O)c1csc(C)n1. The zero-order chi connectivity index (χ0) is 8.97. The molecule has 0 aliphatic rings. The summed E-state index contributed by atoms with van der Waals surface area (Å²) in [4.78, 5) is 15.5. The normalized spacial score (nSPS) is 10.2. The molecule has 0 N–H and O–H groups in total. The van der Waals surface area contributed by atoms with Crippen molar-refractivity contribution in [1.82, 2.24) is 4.98 Å². The molecule has 2 nitrogen and oxygen atoms in total. The Hall–Kier alpha value is -0.350. The molecule has 0 saturated carbocycles. The molecular formula is C8H11NOS2. The summed E-state index contributed by atoms with van der Waals surface area (Å²) >= 11 is 3.21. The number of Topliss-reactive ketones (excluding diaryl/α,β-unsaturated/α-hetero) is 1. The number of hydrogen-bond acceptors (Lipinski definition) is 4. The molecule has 0 amide bonds. The van der Waals surface area contributed by atoms with Crippen LogP contribution in [0.1, 0.15) is 21.9 Å². The number of aryl methyl sites for hydroxylation is 1. The van der Waals surface area contributed by atoms with Gasteiger partial charge < -0.3 is 0 Å². The van der Waals surface area contributed by atoms with Crippen LogP contribution in [0.5, 0.6) is 0 Å². The molecule has 1 aromatic rings. The number of ketones is 1. The van der Waals surface area contributed by atoms with Crippen LogP contribution in [0.15, 0.2) is 5.38 Å². The van der Waals surface area contributed by atoms with Gasteiger partial charge in [-0.2, -0.15) is 11.8 Å². The molecule has 0 atom stereocenters. The van der Waals surface area contributed by atoms with Gasteiger partial charge in [0.05, 0.1) is 5.01 Å². The molecule has 0 saturated heterocycles. The van der Waals surface area contributed by atoms with Gasteiger partial charge >= 0.3 is 0 Å². The van der Waals surface area contributed by atoms with Gasteiger partial charge in [0, 0.05) is 17.6 Å². The van der Waals surface area contributed by atoms with E-state index in [1.807, 2.05) is 18.6 Å². The number of nitrogens with zero attached hydrogens (tertiary/aromatic N) is 1. The van der Waals surface area contributed by atoms with E-state index in [-0.39, 0.29) is 5.78 Å². The first-order valence-corrected chi connectivity index (χ1v) is 5.95.